The molecule has 118 valence electrons. The van der Waals surface area contributed by atoms with Gasteiger partial charge in [0.15, 0.2) is 11.5 Å². The fourth-order valence-corrected chi connectivity index (χ4v) is 2.87. The van der Waals surface area contributed by atoms with Crippen LogP contribution in [0.2, 0.25) is 0 Å². The summed E-state index contributed by atoms with van der Waals surface area (Å²) in [5, 5.41) is 8.81. The highest BCUT2D eigenvalue weighted by Crippen LogP contribution is 2.33. The van der Waals surface area contributed by atoms with Gasteiger partial charge in [0.1, 0.15) is 5.71 Å². The zero-order chi connectivity index (χ0) is 16.4. The van der Waals surface area contributed by atoms with Crippen LogP contribution in [-0.4, -0.2) is 25.6 Å². The first-order chi connectivity index (χ1) is 11.1. The molecule has 0 atom stereocenters. The van der Waals surface area contributed by atoms with Crippen LogP contribution in [0.5, 0.6) is 11.5 Å². The first-order valence-electron chi connectivity index (χ1n) is 7.24. The third-order valence-corrected chi connectivity index (χ3v) is 4.28. The molecule has 1 heterocycles. The highest BCUT2D eigenvalue weighted by Gasteiger charge is 2.19. The fraction of sp³-hybridized carbons (Fsp3) is 0.222. The third-order valence-electron chi connectivity index (χ3n) is 3.75. The number of ether oxygens (including phenoxy) is 2. The molecule has 1 aliphatic rings. The molecule has 0 bridgehead atoms. The van der Waals surface area contributed by atoms with Gasteiger partial charge in [-0.05, 0) is 36.8 Å². The molecule has 2 aromatic carbocycles. The lowest BCUT2D eigenvalue weighted by Crippen LogP contribution is -2.08. The quantitative estimate of drug-likeness (QED) is 0.808. The lowest BCUT2D eigenvalue weighted by molar-refractivity contribution is 0.354. The van der Waals surface area contributed by atoms with E-state index in [1.807, 2.05) is 43.3 Å². The summed E-state index contributed by atoms with van der Waals surface area (Å²) in [4.78, 5) is 0. The molecule has 0 unspecified atom stereocenters. The summed E-state index contributed by atoms with van der Waals surface area (Å²) in [5.74, 6) is 1.41. The van der Waals surface area contributed by atoms with E-state index in [2.05, 4.69) is 26.1 Å². The van der Waals surface area contributed by atoms with Crippen LogP contribution < -0.4 is 9.47 Å². The Balaban J connectivity index is 2.20. The summed E-state index contributed by atoms with van der Waals surface area (Å²) < 4.78 is 11.9. The highest BCUT2D eigenvalue weighted by molar-refractivity contribution is 9.10. The minimum atomic E-state index is 0.690. The van der Waals surface area contributed by atoms with Crippen molar-refractivity contribution in [2.24, 2.45) is 10.2 Å². The number of methoxy groups -OCH3 is 2. The summed E-state index contributed by atoms with van der Waals surface area (Å²) in [6.07, 6.45) is 0.735. The van der Waals surface area contributed by atoms with Gasteiger partial charge < -0.3 is 9.47 Å². The Hall–Kier alpha value is -2.14. The van der Waals surface area contributed by atoms with Gasteiger partial charge in [0.2, 0.25) is 0 Å². The number of nitrogens with zero attached hydrogens (tertiary/aromatic N) is 2. The zero-order valence-corrected chi connectivity index (χ0v) is 14.8. The van der Waals surface area contributed by atoms with E-state index in [0.29, 0.717) is 5.75 Å². The van der Waals surface area contributed by atoms with Gasteiger partial charge in [-0.25, -0.2) is 0 Å². The second kappa shape index (κ2) is 6.54. The lowest BCUT2D eigenvalue weighted by Gasteiger charge is -2.14. The predicted molar refractivity (Wildman–Crippen MR) is 96.1 cm³/mol. The molecular formula is C18H17BrN2O2. The van der Waals surface area contributed by atoms with E-state index >= 15 is 0 Å². The summed E-state index contributed by atoms with van der Waals surface area (Å²) in [5.41, 5.74) is 4.96. The Labute approximate surface area is 144 Å². The van der Waals surface area contributed by atoms with E-state index in [1.165, 1.54) is 0 Å². The SMILES string of the molecule is COc1cc2c(cc1OC)C(c1ccc(Br)cc1)=NN=C(C)C2. The normalized spacial score (nSPS) is 13.6. The molecule has 2 aromatic rings. The summed E-state index contributed by atoms with van der Waals surface area (Å²) in [7, 11) is 3.28. The van der Waals surface area contributed by atoms with Crippen molar-refractivity contribution in [3.05, 3.63) is 57.6 Å². The maximum atomic E-state index is 5.45. The minimum Gasteiger partial charge on any atom is -0.493 e. The number of hydrogen-bond donors (Lipinski definition) is 0. The largest absolute Gasteiger partial charge is 0.493 e. The average Bonchev–Trinajstić information content (AvgIpc) is 2.72. The fourth-order valence-electron chi connectivity index (χ4n) is 2.61. The molecule has 0 amide bonds. The summed E-state index contributed by atoms with van der Waals surface area (Å²) in [6.45, 7) is 1.98. The molecular weight excluding hydrogens is 356 g/mol. The molecule has 23 heavy (non-hydrogen) atoms. The van der Waals surface area contributed by atoms with Crippen molar-refractivity contribution in [2.45, 2.75) is 13.3 Å². The van der Waals surface area contributed by atoms with Gasteiger partial charge in [-0.2, -0.15) is 5.10 Å². The van der Waals surface area contributed by atoms with Crippen LogP contribution in [0.1, 0.15) is 23.6 Å². The smallest absolute Gasteiger partial charge is 0.161 e. The van der Waals surface area contributed by atoms with E-state index < -0.39 is 0 Å². The van der Waals surface area contributed by atoms with Gasteiger partial charge in [0.25, 0.3) is 0 Å². The van der Waals surface area contributed by atoms with E-state index in [1.54, 1.807) is 14.2 Å². The van der Waals surface area contributed by atoms with Gasteiger partial charge in [-0.3, -0.25) is 0 Å². The molecule has 0 radical (unpaired) electrons. The van der Waals surface area contributed by atoms with Crippen molar-refractivity contribution >= 4 is 27.4 Å². The van der Waals surface area contributed by atoms with E-state index in [0.717, 1.165) is 44.8 Å². The molecule has 4 nitrogen and oxygen atoms in total. The van der Waals surface area contributed by atoms with Crippen LogP contribution in [0, 0.1) is 0 Å². The number of hydrogen-bond acceptors (Lipinski definition) is 4. The van der Waals surface area contributed by atoms with E-state index in [9.17, 15) is 0 Å². The maximum absolute atomic E-state index is 5.45. The number of rotatable bonds is 3. The third kappa shape index (κ3) is 3.15. The molecule has 0 aliphatic carbocycles. The van der Waals surface area contributed by atoms with Crippen molar-refractivity contribution in [3.63, 3.8) is 0 Å². The summed E-state index contributed by atoms with van der Waals surface area (Å²) in [6, 6.07) is 12.0. The lowest BCUT2D eigenvalue weighted by atomic mass is 9.94. The van der Waals surface area contributed by atoms with E-state index in [4.69, 9.17) is 9.47 Å². The van der Waals surface area contributed by atoms with Crippen molar-refractivity contribution in [1.29, 1.82) is 0 Å². The number of benzene rings is 2. The van der Waals surface area contributed by atoms with Gasteiger partial charge in [-0.15, -0.1) is 5.10 Å². The second-order valence-electron chi connectivity index (χ2n) is 5.33. The van der Waals surface area contributed by atoms with Crippen LogP contribution in [0.25, 0.3) is 0 Å². The van der Waals surface area contributed by atoms with Crippen molar-refractivity contribution in [2.75, 3.05) is 14.2 Å². The van der Waals surface area contributed by atoms with Crippen LogP contribution in [0.3, 0.4) is 0 Å². The molecule has 0 saturated carbocycles. The Kier molecular flexibility index (Phi) is 4.48. The van der Waals surface area contributed by atoms with E-state index in [-0.39, 0.29) is 0 Å². The topological polar surface area (TPSA) is 43.2 Å². The Bertz CT molecular complexity index is 795. The minimum absolute atomic E-state index is 0.690. The van der Waals surface area contributed by atoms with Crippen LogP contribution in [0.4, 0.5) is 0 Å². The van der Waals surface area contributed by atoms with Gasteiger partial charge in [-0.1, -0.05) is 28.1 Å². The first-order valence-corrected chi connectivity index (χ1v) is 8.04. The predicted octanol–water partition coefficient (Wildman–Crippen LogP) is 4.24. The zero-order valence-electron chi connectivity index (χ0n) is 13.3. The Morgan fingerprint density at radius 1 is 0.957 bits per heavy atom. The molecule has 0 aromatic heterocycles. The molecule has 3 rings (SSSR count). The number of fused-ring (bicyclic) bond motifs is 1. The molecule has 0 fully saturated rings. The standard InChI is InChI=1S/C18H17BrN2O2/c1-11-8-13-9-16(22-2)17(23-3)10-15(13)18(21-20-11)12-4-6-14(19)7-5-12/h4-7,9-10H,8H2,1-3H3. The Morgan fingerprint density at radius 2 is 1.61 bits per heavy atom. The monoisotopic (exact) mass is 372 g/mol. The Morgan fingerprint density at radius 3 is 2.26 bits per heavy atom. The maximum Gasteiger partial charge on any atom is 0.161 e. The molecule has 1 aliphatic heterocycles. The van der Waals surface area contributed by atoms with Crippen molar-refractivity contribution in [3.8, 4) is 11.5 Å². The van der Waals surface area contributed by atoms with Crippen LogP contribution in [-0.2, 0) is 6.42 Å². The molecule has 0 saturated heterocycles. The molecule has 0 spiro atoms. The van der Waals surface area contributed by atoms with Crippen molar-refractivity contribution in [1.82, 2.24) is 0 Å². The average molecular weight is 373 g/mol. The van der Waals surface area contributed by atoms with Crippen LogP contribution in [0.15, 0.2) is 51.1 Å². The molecule has 0 N–H and O–H groups in total. The summed E-state index contributed by atoms with van der Waals surface area (Å²) >= 11 is 3.46. The highest BCUT2D eigenvalue weighted by atomic mass is 79.9. The second-order valence-corrected chi connectivity index (χ2v) is 6.25. The number of halogens is 1. The van der Waals surface area contributed by atoms with Crippen LogP contribution >= 0.6 is 15.9 Å². The van der Waals surface area contributed by atoms with Gasteiger partial charge in [0, 0.05) is 27.7 Å². The van der Waals surface area contributed by atoms with Crippen molar-refractivity contribution < 1.29 is 9.47 Å². The molecule has 5 heteroatoms. The van der Waals surface area contributed by atoms with Gasteiger partial charge >= 0.3 is 0 Å². The van der Waals surface area contributed by atoms with Gasteiger partial charge in [0.05, 0.1) is 14.2 Å². The first kappa shape index (κ1) is 15.7.